The summed E-state index contributed by atoms with van der Waals surface area (Å²) < 4.78 is 25.3. The Morgan fingerprint density at radius 2 is 2.07 bits per heavy atom. The van der Waals surface area contributed by atoms with E-state index >= 15 is 0 Å². The molecule has 0 fully saturated rings. The second-order valence-electron chi connectivity index (χ2n) is 3.06. The first-order chi connectivity index (χ1) is 6.63. The summed E-state index contributed by atoms with van der Waals surface area (Å²) in [6, 6.07) is 3.86. The molecule has 1 aromatic rings. The lowest BCUT2D eigenvalue weighted by Crippen LogP contribution is -2.11. The molecule has 1 N–H and O–H groups in total. The number of allylic oxidation sites excluding steroid dienone is 1. The Hall–Kier alpha value is -1.38. The Kier molecular flexibility index (Phi) is 3.63. The lowest BCUT2D eigenvalue weighted by Gasteiger charge is -2.07. The number of rotatable bonds is 4. The van der Waals surface area contributed by atoms with E-state index in [0.29, 0.717) is 12.1 Å². The maximum atomic E-state index is 12.8. The van der Waals surface area contributed by atoms with Crippen molar-refractivity contribution in [3.63, 3.8) is 0 Å². The smallest absolute Gasteiger partial charge is 0.159 e. The Morgan fingerprint density at radius 3 is 2.64 bits per heavy atom. The fourth-order valence-electron chi connectivity index (χ4n) is 1.00. The van der Waals surface area contributed by atoms with E-state index in [4.69, 9.17) is 0 Å². The Bertz CT molecular complexity index is 334. The van der Waals surface area contributed by atoms with Gasteiger partial charge in [0.2, 0.25) is 0 Å². The van der Waals surface area contributed by atoms with Gasteiger partial charge in [0.05, 0.1) is 0 Å². The highest BCUT2D eigenvalue weighted by Gasteiger charge is 2.01. The average Bonchev–Trinajstić information content (AvgIpc) is 2.19. The van der Waals surface area contributed by atoms with Gasteiger partial charge in [-0.2, -0.15) is 0 Å². The van der Waals surface area contributed by atoms with Gasteiger partial charge in [-0.3, -0.25) is 0 Å². The second-order valence-corrected chi connectivity index (χ2v) is 3.06. The first-order valence-corrected chi connectivity index (χ1v) is 4.49. The van der Waals surface area contributed by atoms with Crippen molar-refractivity contribution in [2.24, 2.45) is 0 Å². The molecule has 0 amide bonds. The minimum atomic E-state index is -0.817. The molecule has 0 bridgehead atoms. The van der Waals surface area contributed by atoms with Crippen LogP contribution < -0.4 is 5.32 Å². The van der Waals surface area contributed by atoms with Crippen molar-refractivity contribution in [1.29, 1.82) is 0 Å². The summed E-state index contributed by atoms with van der Waals surface area (Å²) in [5, 5.41) is 3.01. The molecule has 0 saturated carbocycles. The van der Waals surface area contributed by atoms with Crippen molar-refractivity contribution in [1.82, 2.24) is 5.32 Å². The van der Waals surface area contributed by atoms with Crippen LogP contribution in [0.4, 0.5) is 8.78 Å². The predicted molar refractivity (Wildman–Crippen MR) is 52.6 cm³/mol. The summed E-state index contributed by atoms with van der Waals surface area (Å²) in [5.74, 6) is -1.63. The largest absolute Gasteiger partial charge is 0.385 e. The van der Waals surface area contributed by atoms with Crippen LogP contribution >= 0.6 is 0 Å². The van der Waals surface area contributed by atoms with Crippen LogP contribution in [0.2, 0.25) is 0 Å². The van der Waals surface area contributed by atoms with Crippen molar-refractivity contribution < 1.29 is 8.78 Å². The zero-order valence-electron chi connectivity index (χ0n) is 8.11. The molecule has 0 aliphatic carbocycles. The average molecular weight is 197 g/mol. The molecular weight excluding hydrogens is 184 g/mol. The molecule has 0 aliphatic heterocycles. The van der Waals surface area contributed by atoms with Gasteiger partial charge in [-0.25, -0.2) is 8.78 Å². The first kappa shape index (κ1) is 10.7. The van der Waals surface area contributed by atoms with Gasteiger partial charge in [0.15, 0.2) is 11.6 Å². The molecule has 0 aliphatic rings. The SMILES string of the molecule is C=C(CC)NCc1ccc(F)c(F)c1. The van der Waals surface area contributed by atoms with E-state index in [1.165, 1.54) is 6.07 Å². The van der Waals surface area contributed by atoms with E-state index in [0.717, 1.165) is 18.2 Å². The third-order valence-electron chi connectivity index (χ3n) is 1.95. The molecule has 0 spiro atoms. The lowest BCUT2D eigenvalue weighted by molar-refractivity contribution is 0.506. The Morgan fingerprint density at radius 1 is 1.36 bits per heavy atom. The fraction of sp³-hybridized carbons (Fsp3) is 0.273. The Labute approximate surface area is 82.4 Å². The maximum absolute atomic E-state index is 12.8. The van der Waals surface area contributed by atoms with E-state index in [9.17, 15) is 8.78 Å². The number of benzene rings is 1. The maximum Gasteiger partial charge on any atom is 0.159 e. The standard InChI is InChI=1S/C11H13F2N/c1-3-8(2)14-7-9-4-5-10(12)11(13)6-9/h4-6,14H,2-3,7H2,1H3. The van der Waals surface area contributed by atoms with Gasteiger partial charge >= 0.3 is 0 Å². The molecule has 0 atom stereocenters. The summed E-state index contributed by atoms with van der Waals surface area (Å²) in [7, 11) is 0. The fourth-order valence-corrected chi connectivity index (χ4v) is 1.00. The third kappa shape index (κ3) is 2.83. The van der Waals surface area contributed by atoms with E-state index < -0.39 is 11.6 Å². The molecule has 1 rings (SSSR count). The van der Waals surface area contributed by atoms with Gasteiger partial charge in [-0.1, -0.05) is 19.6 Å². The summed E-state index contributed by atoms with van der Waals surface area (Å²) in [6.45, 7) is 6.20. The van der Waals surface area contributed by atoms with Crippen LogP contribution in [0, 0.1) is 11.6 Å². The molecule has 3 heteroatoms. The quantitative estimate of drug-likeness (QED) is 0.782. The van der Waals surface area contributed by atoms with E-state index in [1.54, 1.807) is 6.07 Å². The number of hydrogen-bond acceptors (Lipinski definition) is 1. The second kappa shape index (κ2) is 4.74. The van der Waals surface area contributed by atoms with Crippen molar-refractivity contribution >= 4 is 0 Å². The minimum absolute atomic E-state index is 0.476. The van der Waals surface area contributed by atoms with Gasteiger partial charge in [-0.05, 0) is 24.1 Å². The van der Waals surface area contributed by atoms with Gasteiger partial charge in [0.25, 0.3) is 0 Å². The third-order valence-corrected chi connectivity index (χ3v) is 1.95. The van der Waals surface area contributed by atoms with Crippen molar-refractivity contribution in [3.05, 3.63) is 47.7 Å². The van der Waals surface area contributed by atoms with Gasteiger partial charge in [0.1, 0.15) is 0 Å². The lowest BCUT2D eigenvalue weighted by atomic mass is 10.2. The molecule has 0 saturated heterocycles. The predicted octanol–water partition coefficient (Wildman–Crippen LogP) is 2.98. The number of hydrogen-bond donors (Lipinski definition) is 1. The molecule has 14 heavy (non-hydrogen) atoms. The van der Waals surface area contributed by atoms with E-state index in [1.807, 2.05) is 6.92 Å². The van der Waals surface area contributed by atoms with Crippen LogP contribution in [0.25, 0.3) is 0 Å². The summed E-state index contributed by atoms with van der Waals surface area (Å²) in [5.41, 5.74) is 1.59. The highest BCUT2D eigenvalue weighted by atomic mass is 19.2. The first-order valence-electron chi connectivity index (χ1n) is 4.49. The van der Waals surface area contributed by atoms with Crippen LogP contribution in [0.5, 0.6) is 0 Å². The molecule has 0 heterocycles. The van der Waals surface area contributed by atoms with Crippen molar-refractivity contribution in [3.8, 4) is 0 Å². The summed E-state index contributed by atoms with van der Waals surface area (Å²) in [6.07, 6.45) is 0.823. The van der Waals surface area contributed by atoms with Crippen molar-refractivity contribution in [2.75, 3.05) is 0 Å². The van der Waals surface area contributed by atoms with Gasteiger partial charge in [-0.15, -0.1) is 0 Å². The van der Waals surface area contributed by atoms with Crippen LogP contribution in [0.15, 0.2) is 30.5 Å². The molecule has 1 aromatic carbocycles. The summed E-state index contributed by atoms with van der Waals surface area (Å²) in [4.78, 5) is 0. The van der Waals surface area contributed by atoms with Crippen LogP contribution in [0.1, 0.15) is 18.9 Å². The highest BCUT2D eigenvalue weighted by Crippen LogP contribution is 2.08. The molecule has 0 radical (unpaired) electrons. The summed E-state index contributed by atoms with van der Waals surface area (Å²) >= 11 is 0. The normalized spacial score (nSPS) is 9.93. The molecule has 0 aromatic heterocycles. The Balaban J connectivity index is 2.60. The minimum Gasteiger partial charge on any atom is -0.385 e. The van der Waals surface area contributed by atoms with Crippen LogP contribution in [0.3, 0.4) is 0 Å². The van der Waals surface area contributed by atoms with E-state index in [-0.39, 0.29) is 0 Å². The van der Waals surface area contributed by atoms with E-state index in [2.05, 4.69) is 11.9 Å². The highest BCUT2D eigenvalue weighted by molar-refractivity contribution is 5.18. The zero-order valence-corrected chi connectivity index (χ0v) is 8.11. The van der Waals surface area contributed by atoms with Gasteiger partial charge in [0, 0.05) is 12.2 Å². The molecule has 76 valence electrons. The zero-order chi connectivity index (χ0) is 10.6. The van der Waals surface area contributed by atoms with Crippen molar-refractivity contribution in [2.45, 2.75) is 19.9 Å². The van der Waals surface area contributed by atoms with Crippen LogP contribution in [-0.2, 0) is 6.54 Å². The topological polar surface area (TPSA) is 12.0 Å². The molecule has 0 unspecified atom stereocenters. The molecular formula is C11H13F2N. The number of nitrogens with one attached hydrogen (secondary N) is 1. The van der Waals surface area contributed by atoms with Gasteiger partial charge < -0.3 is 5.32 Å². The monoisotopic (exact) mass is 197 g/mol. The molecule has 1 nitrogen and oxygen atoms in total. The van der Waals surface area contributed by atoms with Crippen LogP contribution in [-0.4, -0.2) is 0 Å². The number of halogens is 2.